The summed E-state index contributed by atoms with van der Waals surface area (Å²) < 4.78 is 0. The number of aromatic amines is 1. The number of aliphatic hydroxyl groups excluding tert-OH is 1. The zero-order chi connectivity index (χ0) is 12.5. The van der Waals surface area contributed by atoms with Crippen LogP contribution in [0.2, 0.25) is 0 Å². The number of hydrogen-bond donors (Lipinski definition) is 2. The van der Waals surface area contributed by atoms with E-state index in [9.17, 15) is 5.11 Å². The van der Waals surface area contributed by atoms with Gasteiger partial charge < -0.3 is 10.1 Å². The molecule has 2 N–H and O–H groups in total. The molecular formula is C13H12N4O. The number of H-pyrrole nitrogens is 1. The van der Waals surface area contributed by atoms with Crippen LogP contribution < -0.4 is 0 Å². The van der Waals surface area contributed by atoms with Gasteiger partial charge in [0.1, 0.15) is 23.8 Å². The van der Waals surface area contributed by atoms with Crippen molar-refractivity contribution in [1.82, 2.24) is 19.9 Å². The lowest BCUT2D eigenvalue weighted by Gasteiger charge is -2.06. The Morgan fingerprint density at radius 3 is 2.67 bits per heavy atom. The zero-order valence-corrected chi connectivity index (χ0v) is 9.83. The lowest BCUT2D eigenvalue weighted by molar-refractivity contribution is 0.211. The highest BCUT2D eigenvalue weighted by Crippen LogP contribution is 2.21. The van der Waals surface area contributed by atoms with Crippen molar-refractivity contribution >= 4 is 11.2 Å². The van der Waals surface area contributed by atoms with Gasteiger partial charge in [-0.15, -0.1) is 0 Å². The van der Waals surface area contributed by atoms with Crippen LogP contribution in [0.15, 0.2) is 36.7 Å². The highest BCUT2D eigenvalue weighted by molar-refractivity contribution is 5.72. The first kappa shape index (κ1) is 10.9. The van der Waals surface area contributed by atoms with E-state index in [1.807, 2.05) is 37.3 Å². The van der Waals surface area contributed by atoms with Crippen molar-refractivity contribution in [1.29, 1.82) is 0 Å². The van der Waals surface area contributed by atoms with Gasteiger partial charge in [-0.25, -0.2) is 15.0 Å². The fourth-order valence-electron chi connectivity index (χ4n) is 1.88. The summed E-state index contributed by atoms with van der Waals surface area (Å²) in [6.45, 7) is 1.88. The maximum Gasteiger partial charge on any atom is 0.181 e. The number of fused-ring (bicyclic) bond motifs is 1. The summed E-state index contributed by atoms with van der Waals surface area (Å²) in [5.74, 6) is 0.486. The Balaban J connectivity index is 2.07. The monoisotopic (exact) mass is 240 g/mol. The van der Waals surface area contributed by atoms with Crippen LogP contribution in [-0.2, 0) is 0 Å². The third kappa shape index (κ3) is 1.74. The van der Waals surface area contributed by atoms with Gasteiger partial charge in [0.15, 0.2) is 5.65 Å². The summed E-state index contributed by atoms with van der Waals surface area (Å²) in [5, 5.41) is 10.2. The quantitative estimate of drug-likeness (QED) is 0.715. The molecule has 0 amide bonds. The van der Waals surface area contributed by atoms with Crippen LogP contribution in [0.4, 0.5) is 0 Å². The van der Waals surface area contributed by atoms with E-state index in [2.05, 4.69) is 19.9 Å². The predicted octanol–water partition coefficient (Wildman–Crippen LogP) is 1.74. The molecule has 0 aliphatic carbocycles. The fraction of sp³-hybridized carbons (Fsp3) is 0.154. The van der Waals surface area contributed by atoms with E-state index in [1.165, 1.54) is 6.33 Å². The van der Waals surface area contributed by atoms with Gasteiger partial charge in [-0.05, 0) is 12.5 Å². The highest BCUT2D eigenvalue weighted by atomic mass is 16.3. The van der Waals surface area contributed by atoms with Gasteiger partial charge in [0.05, 0.1) is 5.69 Å². The maximum atomic E-state index is 10.2. The maximum absolute atomic E-state index is 10.2. The van der Waals surface area contributed by atoms with Crippen molar-refractivity contribution in [2.24, 2.45) is 0 Å². The zero-order valence-electron chi connectivity index (χ0n) is 9.83. The van der Waals surface area contributed by atoms with Crippen molar-refractivity contribution in [2.75, 3.05) is 0 Å². The first-order chi connectivity index (χ1) is 8.75. The molecule has 2 aromatic heterocycles. The van der Waals surface area contributed by atoms with Gasteiger partial charge in [-0.3, -0.25) is 0 Å². The van der Waals surface area contributed by atoms with E-state index in [4.69, 9.17) is 0 Å². The first-order valence-corrected chi connectivity index (χ1v) is 5.66. The number of aryl methyl sites for hydroxylation is 1. The molecular weight excluding hydrogens is 228 g/mol. The molecule has 18 heavy (non-hydrogen) atoms. The second kappa shape index (κ2) is 4.19. The molecule has 0 bridgehead atoms. The lowest BCUT2D eigenvalue weighted by Crippen LogP contribution is -2.01. The average Bonchev–Trinajstić information content (AvgIpc) is 2.84. The summed E-state index contributed by atoms with van der Waals surface area (Å²) in [5.41, 5.74) is 2.95. The molecule has 0 saturated carbocycles. The summed E-state index contributed by atoms with van der Waals surface area (Å²) in [4.78, 5) is 15.5. The van der Waals surface area contributed by atoms with E-state index in [0.29, 0.717) is 11.5 Å². The second-order valence-corrected chi connectivity index (χ2v) is 4.09. The lowest BCUT2D eigenvalue weighted by atomic mass is 10.1. The van der Waals surface area contributed by atoms with E-state index in [1.54, 1.807) is 0 Å². The second-order valence-electron chi connectivity index (χ2n) is 4.09. The van der Waals surface area contributed by atoms with Gasteiger partial charge in [0.2, 0.25) is 0 Å². The number of hydrogen-bond acceptors (Lipinski definition) is 4. The third-order valence-corrected chi connectivity index (χ3v) is 2.87. The molecule has 0 spiro atoms. The van der Waals surface area contributed by atoms with E-state index >= 15 is 0 Å². The minimum absolute atomic E-state index is 0.486. The molecule has 2 heterocycles. The number of rotatable bonds is 2. The van der Waals surface area contributed by atoms with Crippen LogP contribution in [0, 0.1) is 6.92 Å². The number of aliphatic hydroxyl groups is 1. The SMILES string of the molecule is Cc1ncnc2nc([C@H](O)c3ccccc3)[nH]c12. The predicted molar refractivity (Wildman–Crippen MR) is 66.9 cm³/mol. The molecule has 3 aromatic rings. The number of nitrogens with zero attached hydrogens (tertiary/aromatic N) is 3. The number of benzene rings is 1. The molecule has 0 saturated heterocycles. The normalized spacial score (nSPS) is 12.8. The van der Waals surface area contributed by atoms with Crippen LogP contribution in [0.1, 0.15) is 23.2 Å². The molecule has 1 atom stereocenters. The van der Waals surface area contributed by atoms with Gasteiger partial charge in [0, 0.05) is 0 Å². The third-order valence-electron chi connectivity index (χ3n) is 2.87. The Kier molecular flexibility index (Phi) is 2.53. The molecule has 0 unspecified atom stereocenters. The summed E-state index contributed by atoms with van der Waals surface area (Å²) in [7, 11) is 0. The number of aromatic nitrogens is 4. The van der Waals surface area contributed by atoms with Gasteiger partial charge in [0.25, 0.3) is 0 Å². The van der Waals surface area contributed by atoms with Crippen molar-refractivity contribution in [2.45, 2.75) is 13.0 Å². The summed E-state index contributed by atoms with van der Waals surface area (Å²) in [6, 6.07) is 9.38. The van der Waals surface area contributed by atoms with E-state index < -0.39 is 6.10 Å². The van der Waals surface area contributed by atoms with E-state index in [-0.39, 0.29) is 0 Å². The van der Waals surface area contributed by atoms with Crippen molar-refractivity contribution < 1.29 is 5.11 Å². The molecule has 5 heteroatoms. The Hall–Kier alpha value is -2.27. The number of imidazole rings is 1. The Labute approximate surface area is 104 Å². The smallest absolute Gasteiger partial charge is 0.181 e. The molecule has 0 radical (unpaired) electrons. The van der Waals surface area contributed by atoms with Crippen molar-refractivity contribution in [3.63, 3.8) is 0 Å². The van der Waals surface area contributed by atoms with E-state index in [0.717, 1.165) is 16.8 Å². The van der Waals surface area contributed by atoms with Crippen LogP contribution in [0.5, 0.6) is 0 Å². The number of nitrogens with one attached hydrogen (secondary N) is 1. The minimum atomic E-state index is -0.778. The largest absolute Gasteiger partial charge is 0.380 e. The Bertz CT molecular complexity index is 678. The Morgan fingerprint density at radius 1 is 1.17 bits per heavy atom. The fourth-order valence-corrected chi connectivity index (χ4v) is 1.88. The average molecular weight is 240 g/mol. The Morgan fingerprint density at radius 2 is 1.94 bits per heavy atom. The molecule has 3 rings (SSSR count). The minimum Gasteiger partial charge on any atom is -0.380 e. The van der Waals surface area contributed by atoms with Crippen molar-refractivity contribution in [3.05, 3.63) is 53.7 Å². The van der Waals surface area contributed by atoms with Crippen LogP contribution >= 0.6 is 0 Å². The summed E-state index contributed by atoms with van der Waals surface area (Å²) in [6.07, 6.45) is 0.691. The van der Waals surface area contributed by atoms with Crippen LogP contribution in [0.25, 0.3) is 11.2 Å². The van der Waals surface area contributed by atoms with Gasteiger partial charge >= 0.3 is 0 Å². The molecule has 0 aliphatic heterocycles. The van der Waals surface area contributed by atoms with Gasteiger partial charge in [-0.2, -0.15) is 0 Å². The first-order valence-electron chi connectivity index (χ1n) is 5.66. The van der Waals surface area contributed by atoms with Crippen LogP contribution in [0.3, 0.4) is 0 Å². The molecule has 0 aliphatic rings. The van der Waals surface area contributed by atoms with Crippen molar-refractivity contribution in [3.8, 4) is 0 Å². The molecule has 1 aromatic carbocycles. The molecule has 5 nitrogen and oxygen atoms in total. The van der Waals surface area contributed by atoms with Crippen LogP contribution in [-0.4, -0.2) is 25.0 Å². The van der Waals surface area contributed by atoms with Gasteiger partial charge in [-0.1, -0.05) is 30.3 Å². The molecule has 90 valence electrons. The summed E-state index contributed by atoms with van der Waals surface area (Å²) >= 11 is 0. The standard InChI is InChI=1S/C13H12N4O/c1-8-10-12(15-7-14-8)17-13(16-10)11(18)9-5-3-2-4-6-9/h2-7,11,18H,1H3,(H,14,15,16,17)/t11-/m1/s1. The molecule has 0 fully saturated rings. The highest BCUT2D eigenvalue weighted by Gasteiger charge is 2.15. The topological polar surface area (TPSA) is 74.7 Å².